The minimum Gasteiger partial charge on any atom is -0.447 e. The van der Waals surface area contributed by atoms with Gasteiger partial charge in [0.25, 0.3) is 5.91 Å². The number of imide groups is 2. The molecule has 2 aliphatic heterocycles. The molecule has 216 valence electrons. The van der Waals surface area contributed by atoms with Gasteiger partial charge in [0.15, 0.2) is 0 Å². The van der Waals surface area contributed by atoms with Gasteiger partial charge in [-0.2, -0.15) is 0 Å². The van der Waals surface area contributed by atoms with E-state index >= 15 is 0 Å². The second kappa shape index (κ2) is 14.1. The van der Waals surface area contributed by atoms with Gasteiger partial charge in [0.05, 0.1) is 24.1 Å². The molecule has 0 unspecified atom stereocenters. The van der Waals surface area contributed by atoms with Crippen molar-refractivity contribution in [3.63, 3.8) is 0 Å². The normalized spacial score (nSPS) is 21.6. The van der Waals surface area contributed by atoms with E-state index < -0.39 is 25.7 Å². The minimum absolute atomic E-state index is 0.139. The fourth-order valence-corrected chi connectivity index (χ4v) is 4.54. The smallest absolute Gasteiger partial charge is 0.417 e. The van der Waals surface area contributed by atoms with E-state index in [2.05, 4.69) is 26.2 Å². The summed E-state index contributed by atoms with van der Waals surface area (Å²) >= 11 is 0. The van der Waals surface area contributed by atoms with E-state index in [1.807, 2.05) is 27.7 Å². The molecule has 0 aromatic heterocycles. The highest BCUT2D eigenvalue weighted by Gasteiger charge is 2.46. The number of amides is 4. The molecule has 10 heteroatoms. The van der Waals surface area contributed by atoms with Gasteiger partial charge in [0.2, 0.25) is 5.91 Å². The Balaban J connectivity index is 0.000000415. The number of cyclic esters (lactones) is 2. The number of nitrogens with zero attached hydrogens (tertiary/aromatic N) is 2. The lowest BCUT2D eigenvalue weighted by atomic mass is 9.89. The van der Waals surface area contributed by atoms with Gasteiger partial charge in [0, 0.05) is 20.3 Å². The van der Waals surface area contributed by atoms with E-state index in [1.165, 1.54) is 9.80 Å². The molecule has 0 spiro atoms. The van der Waals surface area contributed by atoms with Gasteiger partial charge in [-0.05, 0) is 38.7 Å². The van der Waals surface area contributed by atoms with Crippen LogP contribution in [0.25, 0.3) is 0 Å². The third-order valence-corrected chi connectivity index (χ3v) is 8.60. The van der Waals surface area contributed by atoms with Crippen LogP contribution in [0.3, 0.4) is 0 Å². The second-order valence-corrected chi connectivity index (χ2v) is 17.7. The largest absolute Gasteiger partial charge is 0.447 e. The fourth-order valence-electron chi connectivity index (χ4n) is 3.78. The summed E-state index contributed by atoms with van der Waals surface area (Å²) in [7, 11) is -1.17. The van der Waals surface area contributed by atoms with Crippen LogP contribution in [-0.2, 0) is 23.8 Å². The van der Waals surface area contributed by atoms with Crippen molar-refractivity contribution >= 4 is 32.1 Å². The van der Waals surface area contributed by atoms with Gasteiger partial charge in [-0.15, -0.1) is 6.58 Å². The van der Waals surface area contributed by atoms with Crippen molar-refractivity contribution in [3.05, 3.63) is 24.3 Å². The highest BCUT2D eigenvalue weighted by atomic mass is 28.3. The number of allylic oxidation sites excluding steroid dienone is 1. The third kappa shape index (κ3) is 8.79. The Kier molecular flexibility index (Phi) is 12.4. The van der Waals surface area contributed by atoms with Crippen LogP contribution >= 0.6 is 0 Å². The molecule has 0 aromatic rings. The second-order valence-electron chi connectivity index (χ2n) is 12.1. The molecule has 4 amide bonds. The maximum absolute atomic E-state index is 12.9. The number of carbonyl (C=O) groups excluding carboxylic acids is 4. The van der Waals surface area contributed by atoms with E-state index in [-0.39, 0.29) is 48.9 Å². The van der Waals surface area contributed by atoms with Crippen LogP contribution in [0.5, 0.6) is 0 Å². The molecular formula is C28H48N2O7Si. The standard InChI is InChI=1S/C17H31NO4Si.C11H17NO3/c1-8-17(4,12-21-9-10-23(5,6)7)15(19)18-14(13(2)3)11-22-16(18)20;1-5-8(4)10(13)12-9(7(2)3)6-15-11(12)14/h8,13-14H,1,9-12H2,2-7H3;5,7,9H,6H2,1-4H3/b;8-5+/t14-,17+;9-/m00/s1. The minimum atomic E-state index is -1.17. The summed E-state index contributed by atoms with van der Waals surface area (Å²) in [6.45, 7) is 25.2. The molecule has 0 radical (unpaired) electrons. The molecule has 2 fully saturated rings. The van der Waals surface area contributed by atoms with E-state index in [0.717, 1.165) is 6.04 Å². The van der Waals surface area contributed by atoms with Gasteiger partial charge in [-0.3, -0.25) is 9.59 Å². The summed E-state index contributed by atoms with van der Waals surface area (Å²) in [5.74, 6) is -0.183. The molecule has 0 saturated carbocycles. The summed E-state index contributed by atoms with van der Waals surface area (Å²) in [5.41, 5.74) is -0.352. The average molecular weight is 553 g/mol. The summed E-state index contributed by atoms with van der Waals surface area (Å²) < 4.78 is 15.7. The van der Waals surface area contributed by atoms with Gasteiger partial charge < -0.3 is 14.2 Å². The zero-order chi connectivity index (χ0) is 29.4. The number of hydrogen-bond donors (Lipinski definition) is 0. The van der Waals surface area contributed by atoms with Crippen LogP contribution < -0.4 is 0 Å². The number of hydrogen-bond acceptors (Lipinski definition) is 7. The summed E-state index contributed by atoms with van der Waals surface area (Å²) in [4.78, 5) is 50.6. The van der Waals surface area contributed by atoms with Crippen molar-refractivity contribution in [1.29, 1.82) is 0 Å². The van der Waals surface area contributed by atoms with Crippen LogP contribution in [0, 0.1) is 17.3 Å². The Hall–Kier alpha value is -2.46. The molecule has 2 saturated heterocycles. The first-order valence-corrected chi connectivity index (χ1v) is 17.1. The Bertz CT molecular complexity index is 909. The van der Waals surface area contributed by atoms with E-state index in [1.54, 1.807) is 32.9 Å². The number of ether oxygens (including phenoxy) is 3. The Morgan fingerprint density at radius 3 is 1.95 bits per heavy atom. The van der Waals surface area contributed by atoms with Crippen molar-refractivity contribution in [1.82, 2.24) is 9.80 Å². The van der Waals surface area contributed by atoms with Crippen LogP contribution in [0.4, 0.5) is 9.59 Å². The van der Waals surface area contributed by atoms with Crippen molar-refractivity contribution < 1.29 is 33.4 Å². The van der Waals surface area contributed by atoms with Gasteiger partial charge in [-0.1, -0.05) is 59.5 Å². The lowest BCUT2D eigenvalue weighted by Crippen LogP contribution is -2.49. The van der Waals surface area contributed by atoms with Crippen molar-refractivity contribution in [2.24, 2.45) is 17.3 Å². The Labute approximate surface area is 229 Å². The summed E-state index contributed by atoms with van der Waals surface area (Å²) in [5, 5.41) is 0. The molecule has 0 bridgehead atoms. The highest BCUT2D eigenvalue weighted by molar-refractivity contribution is 6.76. The Morgan fingerprint density at radius 1 is 1.05 bits per heavy atom. The SMILES string of the molecule is C/C=C(\C)C(=O)N1C(=O)OC[C@H]1C(C)C.C=C[C@](C)(COCC[Si](C)(C)C)C(=O)N1C(=O)OC[C@H]1C(C)C. The summed E-state index contributed by atoms with van der Waals surface area (Å²) in [6, 6.07) is 0.672. The molecule has 0 aliphatic carbocycles. The monoisotopic (exact) mass is 552 g/mol. The molecular weight excluding hydrogens is 504 g/mol. The zero-order valence-corrected chi connectivity index (χ0v) is 26.0. The van der Waals surface area contributed by atoms with Crippen LogP contribution in [0.15, 0.2) is 24.3 Å². The van der Waals surface area contributed by atoms with Crippen LogP contribution in [-0.4, -0.2) is 80.4 Å². The highest BCUT2D eigenvalue weighted by Crippen LogP contribution is 2.29. The predicted molar refractivity (Wildman–Crippen MR) is 150 cm³/mol. The van der Waals surface area contributed by atoms with E-state index in [4.69, 9.17) is 14.2 Å². The molecule has 38 heavy (non-hydrogen) atoms. The fraction of sp³-hybridized carbons (Fsp3) is 0.714. The molecule has 2 rings (SSSR count). The van der Waals surface area contributed by atoms with Gasteiger partial charge in [0.1, 0.15) is 13.2 Å². The van der Waals surface area contributed by atoms with Crippen LogP contribution in [0.2, 0.25) is 25.7 Å². The first-order valence-electron chi connectivity index (χ1n) is 13.4. The number of carbonyl (C=O) groups is 4. The molecule has 2 aliphatic rings. The molecule has 9 nitrogen and oxygen atoms in total. The van der Waals surface area contributed by atoms with E-state index in [9.17, 15) is 19.2 Å². The third-order valence-electron chi connectivity index (χ3n) is 6.90. The molecule has 3 atom stereocenters. The maximum Gasteiger partial charge on any atom is 0.417 e. The van der Waals surface area contributed by atoms with Crippen LogP contribution in [0.1, 0.15) is 48.5 Å². The lowest BCUT2D eigenvalue weighted by molar-refractivity contribution is -0.140. The van der Waals surface area contributed by atoms with E-state index in [0.29, 0.717) is 18.8 Å². The maximum atomic E-state index is 12.9. The van der Waals surface area contributed by atoms with Crippen molar-refractivity contribution in [2.45, 2.75) is 86.2 Å². The molecule has 2 heterocycles. The summed E-state index contributed by atoms with van der Waals surface area (Å²) in [6.07, 6.45) is 2.18. The lowest BCUT2D eigenvalue weighted by Gasteiger charge is -2.31. The molecule has 0 N–H and O–H groups in total. The first kappa shape index (κ1) is 33.6. The van der Waals surface area contributed by atoms with Crippen molar-refractivity contribution in [2.75, 3.05) is 26.4 Å². The quantitative estimate of drug-likeness (QED) is 0.153. The zero-order valence-electron chi connectivity index (χ0n) is 25.0. The Morgan fingerprint density at radius 2 is 1.53 bits per heavy atom. The van der Waals surface area contributed by atoms with Gasteiger partial charge in [-0.25, -0.2) is 19.4 Å². The molecule has 0 aromatic carbocycles. The predicted octanol–water partition coefficient (Wildman–Crippen LogP) is 5.49. The average Bonchev–Trinajstić information content (AvgIpc) is 3.42. The van der Waals surface area contributed by atoms with Gasteiger partial charge >= 0.3 is 12.2 Å². The number of rotatable bonds is 10. The first-order chi connectivity index (χ1) is 17.5. The topological polar surface area (TPSA) is 102 Å². The van der Waals surface area contributed by atoms with Crippen molar-refractivity contribution in [3.8, 4) is 0 Å².